The van der Waals surface area contributed by atoms with Crippen LogP contribution in [0.1, 0.15) is 82.3 Å². The van der Waals surface area contributed by atoms with Gasteiger partial charge in [0, 0.05) is 19.3 Å². The van der Waals surface area contributed by atoms with Crippen LogP contribution in [-0.4, -0.2) is 19.1 Å². The smallest absolute Gasteiger partial charge is 0.119 e. The lowest BCUT2D eigenvalue weighted by Gasteiger charge is -2.25. The van der Waals surface area contributed by atoms with E-state index in [2.05, 4.69) is 40.4 Å². The average molecular weight is 368 g/mol. The molecule has 4 nitrogen and oxygen atoms in total. The van der Waals surface area contributed by atoms with Gasteiger partial charge >= 0.3 is 0 Å². The lowest BCUT2D eigenvalue weighted by Crippen LogP contribution is -2.11. The van der Waals surface area contributed by atoms with E-state index in [4.69, 9.17) is 4.98 Å². The van der Waals surface area contributed by atoms with Crippen molar-refractivity contribution in [3.05, 3.63) is 24.0 Å². The molecular weight excluding hydrogens is 332 g/mol. The molecule has 0 aromatic carbocycles. The van der Waals surface area contributed by atoms with E-state index in [1.165, 1.54) is 70.6 Å². The zero-order chi connectivity index (χ0) is 18.6. The average Bonchev–Trinajstić information content (AvgIpc) is 3.33. The summed E-state index contributed by atoms with van der Waals surface area (Å²) >= 11 is 0. The number of hydrogen-bond acceptors (Lipinski definition) is 2. The van der Waals surface area contributed by atoms with Crippen LogP contribution in [0.15, 0.2) is 6.20 Å². The zero-order valence-electron chi connectivity index (χ0n) is 17.2. The first-order chi connectivity index (χ1) is 13.2. The van der Waals surface area contributed by atoms with Crippen molar-refractivity contribution in [3.8, 4) is 11.4 Å². The molecule has 0 saturated heterocycles. The molecule has 2 aromatic heterocycles. The van der Waals surface area contributed by atoms with Crippen molar-refractivity contribution in [3.63, 3.8) is 0 Å². The minimum atomic E-state index is 0.957. The SMILES string of the molecule is Cc1nc(-c2[c]nc(C)n2CCCC2CCCC2)cn1CCCC1CCC1. The number of aryl methyl sites for hydroxylation is 3. The fourth-order valence-electron chi connectivity index (χ4n) is 4.90. The van der Waals surface area contributed by atoms with Gasteiger partial charge in [-0.05, 0) is 51.4 Å². The number of aromatic nitrogens is 4. The summed E-state index contributed by atoms with van der Waals surface area (Å²) in [7, 11) is 0. The third kappa shape index (κ3) is 4.47. The molecule has 0 N–H and O–H groups in total. The summed E-state index contributed by atoms with van der Waals surface area (Å²) in [6.45, 7) is 6.35. The maximum Gasteiger partial charge on any atom is 0.119 e. The molecule has 27 heavy (non-hydrogen) atoms. The fraction of sp³-hybridized carbons (Fsp3) is 0.739. The van der Waals surface area contributed by atoms with Crippen LogP contribution in [-0.2, 0) is 13.1 Å². The Kier molecular flexibility index (Phi) is 5.99. The molecule has 0 unspecified atom stereocenters. The molecule has 2 aliphatic carbocycles. The van der Waals surface area contributed by atoms with Crippen molar-refractivity contribution >= 4 is 0 Å². The second-order valence-corrected chi connectivity index (χ2v) is 8.87. The van der Waals surface area contributed by atoms with Crippen molar-refractivity contribution < 1.29 is 0 Å². The molecule has 0 atom stereocenters. The molecule has 2 fully saturated rings. The Morgan fingerprint density at radius 2 is 1.59 bits per heavy atom. The highest BCUT2D eigenvalue weighted by Gasteiger charge is 2.18. The van der Waals surface area contributed by atoms with Crippen molar-refractivity contribution in [2.24, 2.45) is 11.8 Å². The van der Waals surface area contributed by atoms with Crippen LogP contribution in [0.5, 0.6) is 0 Å². The molecule has 2 saturated carbocycles. The van der Waals surface area contributed by atoms with E-state index in [0.717, 1.165) is 48.0 Å². The minimum Gasteiger partial charge on any atom is -0.334 e. The van der Waals surface area contributed by atoms with Gasteiger partial charge in [0.25, 0.3) is 0 Å². The second kappa shape index (κ2) is 8.62. The van der Waals surface area contributed by atoms with Gasteiger partial charge in [-0.2, -0.15) is 0 Å². The first-order valence-electron chi connectivity index (χ1n) is 11.2. The molecule has 0 aliphatic heterocycles. The van der Waals surface area contributed by atoms with Crippen LogP contribution in [0.3, 0.4) is 0 Å². The summed E-state index contributed by atoms with van der Waals surface area (Å²) in [6.07, 6.45) is 20.8. The Hall–Kier alpha value is -1.58. The van der Waals surface area contributed by atoms with Crippen LogP contribution < -0.4 is 0 Å². The van der Waals surface area contributed by atoms with Crippen LogP contribution in [0.2, 0.25) is 0 Å². The van der Waals surface area contributed by atoms with Gasteiger partial charge in [-0.25, -0.2) is 9.97 Å². The molecule has 1 radical (unpaired) electrons. The molecule has 147 valence electrons. The van der Waals surface area contributed by atoms with Gasteiger partial charge in [-0.3, -0.25) is 0 Å². The first kappa shape index (κ1) is 18.8. The molecule has 4 heteroatoms. The summed E-state index contributed by atoms with van der Waals surface area (Å²) in [6, 6.07) is 0. The Morgan fingerprint density at radius 3 is 2.26 bits per heavy atom. The predicted molar refractivity (Wildman–Crippen MR) is 110 cm³/mol. The third-order valence-corrected chi connectivity index (χ3v) is 6.91. The molecule has 2 aromatic rings. The Morgan fingerprint density at radius 1 is 0.926 bits per heavy atom. The van der Waals surface area contributed by atoms with Gasteiger partial charge in [0.15, 0.2) is 0 Å². The van der Waals surface area contributed by atoms with Crippen LogP contribution >= 0.6 is 0 Å². The standard InChI is InChI=1S/C23H35N4/c1-18-24-16-23(27(18)15-7-13-20-8-3-4-9-20)22-17-26(19(2)25-22)14-6-12-21-10-5-11-21/h17,20-21H,3-15H2,1-2H3. The lowest BCUT2D eigenvalue weighted by molar-refractivity contribution is 0.284. The summed E-state index contributed by atoms with van der Waals surface area (Å²) in [5, 5.41) is 0. The van der Waals surface area contributed by atoms with Gasteiger partial charge in [0.05, 0.1) is 5.69 Å². The number of rotatable bonds is 9. The van der Waals surface area contributed by atoms with E-state index >= 15 is 0 Å². The second-order valence-electron chi connectivity index (χ2n) is 8.87. The van der Waals surface area contributed by atoms with E-state index < -0.39 is 0 Å². The fourth-order valence-corrected chi connectivity index (χ4v) is 4.90. The highest BCUT2D eigenvalue weighted by Crippen LogP contribution is 2.31. The molecule has 0 spiro atoms. The topological polar surface area (TPSA) is 35.6 Å². The zero-order valence-corrected chi connectivity index (χ0v) is 17.2. The number of hydrogen-bond donors (Lipinski definition) is 0. The molecule has 2 heterocycles. The molecule has 4 rings (SSSR count). The van der Waals surface area contributed by atoms with Crippen molar-refractivity contribution in [1.82, 2.24) is 19.1 Å². The van der Waals surface area contributed by atoms with Crippen LogP contribution in [0, 0.1) is 31.9 Å². The van der Waals surface area contributed by atoms with Crippen LogP contribution in [0.25, 0.3) is 11.4 Å². The van der Waals surface area contributed by atoms with Gasteiger partial charge in [-0.1, -0.05) is 44.9 Å². The van der Waals surface area contributed by atoms with E-state index in [1.54, 1.807) is 0 Å². The van der Waals surface area contributed by atoms with Crippen molar-refractivity contribution in [2.45, 2.75) is 97.6 Å². The summed E-state index contributed by atoms with van der Waals surface area (Å²) in [5.41, 5.74) is 2.11. The maximum atomic E-state index is 4.84. The lowest BCUT2D eigenvalue weighted by atomic mass is 9.82. The predicted octanol–water partition coefficient (Wildman–Crippen LogP) is 5.71. The normalized spacial score (nSPS) is 18.3. The Balaban J connectivity index is 1.37. The number of nitrogens with zero attached hydrogens (tertiary/aromatic N) is 4. The molecule has 0 bridgehead atoms. The van der Waals surface area contributed by atoms with E-state index in [1.807, 2.05) is 0 Å². The minimum absolute atomic E-state index is 0.957. The Bertz CT molecular complexity index is 732. The van der Waals surface area contributed by atoms with Gasteiger partial charge in [0.1, 0.15) is 23.5 Å². The van der Waals surface area contributed by atoms with E-state index in [-0.39, 0.29) is 0 Å². The molecule has 2 aliphatic rings. The molecular formula is C23H35N4. The van der Waals surface area contributed by atoms with E-state index in [9.17, 15) is 0 Å². The monoisotopic (exact) mass is 367 g/mol. The highest BCUT2D eigenvalue weighted by molar-refractivity contribution is 5.53. The third-order valence-electron chi connectivity index (χ3n) is 6.91. The van der Waals surface area contributed by atoms with Gasteiger partial charge in [0.2, 0.25) is 0 Å². The largest absolute Gasteiger partial charge is 0.334 e. The quantitative estimate of drug-likeness (QED) is 0.568. The summed E-state index contributed by atoms with van der Waals surface area (Å²) in [4.78, 5) is 9.32. The Labute approximate surface area is 164 Å². The highest BCUT2D eigenvalue weighted by atomic mass is 15.1. The van der Waals surface area contributed by atoms with Crippen LogP contribution in [0.4, 0.5) is 0 Å². The summed E-state index contributed by atoms with van der Waals surface area (Å²) in [5.74, 6) is 4.13. The first-order valence-corrected chi connectivity index (χ1v) is 11.2. The summed E-state index contributed by atoms with van der Waals surface area (Å²) < 4.78 is 4.66. The maximum absolute atomic E-state index is 4.84. The van der Waals surface area contributed by atoms with Gasteiger partial charge in [-0.15, -0.1) is 0 Å². The molecule has 0 amide bonds. The number of imidazole rings is 2. The van der Waals surface area contributed by atoms with Crippen molar-refractivity contribution in [2.75, 3.05) is 0 Å². The van der Waals surface area contributed by atoms with Crippen molar-refractivity contribution in [1.29, 1.82) is 0 Å². The van der Waals surface area contributed by atoms with Gasteiger partial charge < -0.3 is 9.13 Å². The van der Waals surface area contributed by atoms with E-state index in [0.29, 0.717) is 0 Å².